The predicted octanol–water partition coefficient (Wildman–Crippen LogP) is 4.30. The van der Waals surface area contributed by atoms with Gasteiger partial charge in [-0.15, -0.1) is 11.8 Å². The van der Waals surface area contributed by atoms with Crippen molar-refractivity contribution in [1.82, 2.24) is 0 Å². The van der Waals surface area contributed by atoms with E-state index in [-0.39, 0.29) is 4.75 Å². The fourth-order valence-electron chi connectivity index (χ4n) is 2.30. The highest BCUT2D eigenvalue weighted by Gasteiger charge is 2.26. The Kier molecular flexibility index (Phi) is 5.36. The lowest BCUT2D eigenvalue weighted by Crippen LogP contribution is -2.24. The van der Waals surface area contributed by atoms with Gasteiger partial charge < -0.3 is 0 Å². The first kappa shape index (κ1) is 14.1. The van der Waals surface area contributed by atoms with Gasteiger partial charge in [0.2, 0.25) is 0 Å². The number of rotatable bonds is 4. The first-order chi connectivity index (χ1) is 7.42. The van der Waals surface area contributed by atoms with Gasteiger partial charge in [-0.2, -0.15) is 0 Å². The summed E-state index contributed by atoms with van der Waals surface area (Å²) in [6.07, 6.45) is 6.11. The number of thioether (sulfide) groups is 1. The van der Waals surface area contributed by atoms with Gasteiger partial charge in [0, 0.05) is 10.7 Å². The van der Waals surface area contributed by atoms with Crippen molar-refractivity contribution in [3.05, 3.63) is 0 Å². The SMILES string of the molecule is CCC1CCC(C(=O)CSC(C)(C)C)CC1. The normalized spacial score (nSPS) is 26.8. The molecule has 0 aromatic rings. The molecule has 0 aromatic carbocycles. The summed E-state index contributed by atoms with van der Waals surface area (Å²) in [4.78, 5) is 12.0. The van der Waals surface area contributed by atoms with Gasteiger partial charge in [-0.25, -0.2) is 0 Å². The van der Waals surface area contributed by atoms with E-state index in [9.17, 15) is 4.79 Å². The lowest BCUT2D eigenvalue weighted by atomic mass is 9.79. The van der Waals surface area contributed by atoms with E-state index in [0.29, 0.717) is 17.5 Å². The van der Waals surface area contributed by atoms with E-state index in [2.05, 4.69) is 27.7 Å². The molecule has 0 saturated heterocycles. The van der Waals surface area contributed by atoms with Gasteiger partial charge in [-0.3, -0.25) is 4.79 Å². The van der Waals surface area contributed by atoms with Gasteiger partial charge in [-0.1, -0.05) is 34.1 Å². The second kappa shape index (κ2) is 6.09. The third-order valence-corrected chi connectivity index (χ3v) is 4.82. The van der Waals surface area contributed by atoms with E-state index in [4.69, 9.17) is 0 Å². The topological polar surface area (TPSA) is 17.1 Å². The Hall–Kier alpha value is 0.0200. The van der Waals surface area contributed by atoms with Crippen LogP contribution in [0.4, 0.5) is 0 Å². The van der Waals surface area contributed by atoms with Crippen LogP contribution in [-0.4, -0.2) is 16.3 Å². The molecule has 16 heavy (non-hydrogen) atoms. The second-order valence-corrected chi connectivity index (χ2v) is 7.80. The summed E-state index contributed by atoms with van der Waals surface area (Å²) < 4.78 is 0.219. The van der Waals surface area contributed by atoms with Crippen molar-refractivity contribution < 1.29 is 4.79 Å². The minimum absolute atomic E-state index is 0.219. The first-order valence-electron chi connectivity index (χ1n) is 6.59. The third kappa shape index (κ3) is 4.90. The number of carbonyl (C=O) groups is 1. The Morgan fingerprint density at radius 1 is 1.19 bits per heavy atom. The van der Waals surface area contributed by atoms with Crippen LogP contribution in [0.3, 0.4) is 0 Å². The molecule has 1 aliphatic carbocycles. The smallest absolute Gasteiger partial charge is 0.145 e. The van der Waals surface area contributed by atoms with Crippen molar-refractivity contribution in [2.45, 2.75) is 64.5 Å². The molecule has 1 nitrogen and oxygen atoms in total. The van der Waals surface area contributed by atoms with E-state index >= 15 is 0 Å². The molecule has 94 valence electrons. The quantitative estimate of drug-likeness (QED) is 0.731. The molecule has 0 atom stereocenters. The minimum Gasteiger partial charge on any atom is -0.298 e. The molecule has 0 spiro atoms. The third-order valence-electron chi connectivity index (χ3n) is 3.53. The highest BCUT2D eigenvalue weighted by atomic mass is 32.2. The minimum atomic E-state index is 0.219. The average Bonchev–Trinajstić information content (AvgIpc) is 2.25. The molecule has 0 amide bonds. The summed E-state index contributed by atoms with van der Waals surface area (Å²) in [5.74, 6) is 2.47. The number of hydrogen-bond acceptors (Lipinski definition) is 2. The van der Waals surface area contributed by atoms with E-state index in [1.165, 1.54) is 19.3 Å². The molecule has 0 heterocycles. The molecule has 0 radical (unpaired) electrons. The molecular formula is C14H26OS. The highest BCUT2D eigenvalue weighted by molar-refractivity contribution is 8.01. The lowest BCUT2D eigenvalue weighted by molar-refractivity contribution is -0.121. The molecule has 1 saturated carbocycles. The van der Waals surface area contributed by atoms with Crippen molar-refractivity contribution in [3.63, 3.8) is 0 Å². The van der Waals surface area contributed by atoms with Crippen LogP contribution in [-0.2, 0) is 4.79 Å². The van der Waals surface area contributed by atoms with Crippen molar-refractivity contribution in [3.8, 4) is 0 Å². The average molecular weight is 242 g/mol. The molecule has 1 aliphatic rings. The number of carbonyl (C=O) groups excluding carboxylic acids is 1. The molecular weight excluding hydrogens is 216 g/mol. The maximum absolute atomic E-state index is 12.0. The first-order valence-corrected chi connectivity index (χ1v) is 7.57. The monoisotopic (exact) mass is 242 g/mol. The predicted molar refractivity (Wildman–Crippen MR) is 73.0 cm³/mol. The van der Waals surface area contributed by atoms with Crippen LogP contribution >= 0.6 is 11.8 Å². The summed E-state index contributed by atoms with van der Waals surface area (Å²) in [5, 5.41) is 0. The zero-order valence-corrected chi connectivity index (χ0v) is 12.0. The molecule has 2 heteroatoms. The standard InChI is InChI=1S/C14H26OS/c1-5-11-6-8-12(9-7-11)13(15)10-16-14(2,3)4/h11-12H,5-10H2,1-4H3. The van der Waals surface area contributed by atoms with Crippen molar-refractivity contribution in [2.75, 3.05) is 5.75 Å². The van der Waals surface area contributed by atoms with Gasteiger partial charge >= 0.3 is 0 Å². The largest absolute Gasteiger partial charge is 0.298 e. The van der Waals surface area contributed by atoms with E-state index in [1.807, 2.05) is 0 Å². The number of Topliss-reactive ketones (excluding diaryl/α,β-unsaturated/α-hetero) is 1. The molecule has 0 N–H and O–H groups in total. The zero-order chi connectivity index (χ0) is 12.2. The molecule has 0 unspecified atom stereocenters. The number of ketones is 1. The summed E-state index contributed by atoms with van der Waals surface area (Å²) in [6, 6.07) is 0. The van der Waals surface area contributed by atoms with E-state index < -0.39 is 0 Å². The maximum Gasteiger partial charge on any atom is 0.145 e. The van der Waals surface area contributed by atoms with E-state index in [0.717, 1.165) is 18.8 Å². The molecule has 1 fully saturated rings. The van der Waals surface area contributed by atoms with Crippen molar-refractivity contribution >= 4 is 17.5 Å². The Morgan fingerprint density at radius 2 is 1.75 bits per heavy atom. The van der Waals surface area contributed by atoms with Crippen LogP contribution < -0.4 is 0 Å². The van der Waals surface area contributed by atoms with Crippen LogP contribution in [0, 0.1) is 11.8 Å². The van der Waals surface area contributed by atoms with E-state index in [1.54, 1.807) is 11.8 Å². The Morgan fingerprint density at radius 3 is 2.19 bits per heavy atom. The molecule has 1 rings (SSSR count). The molecule has 0 bridgehead atoms. The van der Waals surface area contributed by atoms with Crippen LogP contribution in [0.2, 0.25) is 0 Å². The van der Waals surface area contributed by atoms with Gasteiger partial charge in [-0.05, 0) is 31.6 Å². The molecule has 0 aromatic heterocycles. The lowest BCUT2D eigenvalue weighted by Gasteiger charge is -2.27. The zero-order valence-electron chi connectivity index (χ0n) is 11.2. The van der Waals surface area contributed by atoms with Crippen LogP contribution in [0.5, 0.6) is 0 Å². The van der Waals surface area contributed by atoms with Crippen LogP contribution in [0.15, 0.2) is 0 Å². The Balaban J connectivity index is 2.28. The van der Waals surface area contributed by atoms with Crippen LogP contribution in [0.1, 0.15) is 59.8 Å². The Bertz CT molecular complexity index is 221. The highest BCUT2D eigenvalue weighted by Crippen LogP contribution is 2.33. The summed E-state index contributed by atoms with van der Waals surface area (Å²) >= 11 is 1.79. The maximum atomic E-state index is 12.0. The number of hydrogen-bond donors (Lipinski definition) is 0. The van der Waals surface area contributed by atoms with Crippen LogP contribution in [0.25, 0.3) is 0 Å². The summed E-state index contributed by atoms with van der Waals surface area (Å²) in [6.45, 7) is 8.80. The van der Waals surface area contributed by atoms with Crippen molar-refractivity contribution in [1.29, 1.82) is 0 Å². The second-order valence-electron chi connectivity index (χ2n) is 5.99. The van der Waals surface area contributed by atoms with Crippen molar-refractivity contribution in [2.24, 2.45) is 11.8 Å². The van der Waals surface area contributed by atoms with Gasteiger partial charge in [0.15, 0.2) is 0 Å². The summed E-state index contributed by atoms with van der Waals surface area (Å²) in [5.41, 5.74) is 0. The Labute approximate surface area is 105 Å². The molecule has 0 aliphatic heterocycles. The van der Waals surface area contributed by atoms with Gasteiger partial charge in [0.25, 0.3) is 0 Å². The van der Waals surface area contributed by atoms with Gasteiger partial charge in [0.1, 0.15) is 5.78 Å². The fourth-order valence-corrected chi connectivity index (χ4v) is 3.11. The fraction of sp³-hybridized carbons (Fsp3) is 0.929. The van der Waals surface area contributed by atoms with Gasteiger partial charge in [0.05, 0.1) is 5.75 Å². The summed E-state index contributed by atoms with van der Waals surface area (Å²) in [7, 11) is 0.